The first-order chi connectivity index (χ1) is 15.0. The van der Waals surface area contributed by atoms with Crippen molar-refractivity contribution in [3.8, 4) is 11.5 Å². The minimum absolute atomic E-state index is 0.250. The van der Waals surface area contributed by atoms with Crippen molar-refractivity contribution in [2.75, 3.05) is 12.4 Å². The van der Waals surface area contributed by atoms with E-state index in [4.69, 9.17) is 4.74 Å². The summed E-state index contributed by atoms with van der Waals surface area (Å²) >= 11 is 0. The summed E-state index contributed by atoms with van der Waals surface area (Å²) in [6.07, 6.45) is 1.50. The molecule has 4 rings (SSSR count). The third kappa shape index (κ3) is 4.51. The van der Waals surface area contributed by atoms with Gasteiger partial charge in [-0.3, -0.25) is 14.6 Å². The van der Waals surface area contributed by atoms with Crippen LogP contribution < -0.4 is 15.4 Å². The molecule has 0 saturated carbocycles. The van der Waals surface area contributed by atoms with E-state index < -0.39 is 0 Å². The molecule has 0 aliphatic carbocycles. The molecule has 4 aromatic rings. The second kappa shape index (κ2) is 8.62. The maximum Gasteiger partial charge on any atom is 0.269 e. The third-order valence-electron chi connectivity index (χ3n) is 4.63. The number of fused-ring (bicyclic) bond motifs is 1. The van der Waals surface area contributed by atoms with E-state index in [1.807, 2.05) is 12.1 Å². The van der Waals surface area contributed by atoms with Crippen molar-refractivity contribution in [3.05, 3.63) is 96.1 Å². The zero-order valence-electron chi connectivity index (χ0n) is 16.6. The lowest BCUT2D eigenvalue weighted by molar-refractivity contribution is 0.0957. The van der Waals surface area contributed by atoms with Gasteiger partial charge in [0.2, 0.25) is 0 Å². The number of carbonyl (C=O) groups excluding carboxylic acids is 2. The first-order valence-electron chi connectivity index (χ1n) is 9.49. The molecule has 1 heterocycles. The maximum atomic E-state index is 13.1. The van der Waals surface area contributed by atoms with Gasteiger partial charge in [-0.05, 0) is 65.4 Å². The lowest BCUT2D eigenvalue weighted by Gasteiger charge is -2.11. The summed E-state index contributed by atoms with van der Waals surface area (Å²) in [6.45, 7) is 0. The van der Waals surface area contributed by atoms with Gasteiger partial charge in [-0.25, -0.2) is 4.39 Å². The summed E-state index contributed by atoms with van der Waals surface area (Å²) in [5.74, 6) is 0.0548. The average molecular weight is 415 g/mol. The number of hydrogen-bond acceptors (Lipinski definition) is 4. The fourth-order valence-electron chi connectivity index (χ4n) is 3.12. The smallest absolute Gasteiger partial charge is 0.269 e. The maximum absolute atomic E-state index is 13.1. The lowest BCUT2D eigenvalue weighted by atomic mass is 10.0. The molecular formula is C24H18FN3O3. The molecule has 0 radical (unpaired) electrons. The molecule has 0 fully saturated rings. The SMILES string of the molecule is CNC(=O)c1cc(Oc2ccc3c(C(=O)Nc4ccc(F)cc4)cccc3c2)ccn1. The summed E-state index contributed by atoms with van der Waals surface area (Å²) in [4.78, 5) is 28.5. The van der Waals surface area contributed by atoms with Crippen molar-refractivity contribution in [2.45, 2.75) is 0 Å². The molecule has 0 unspecified atom stereocenters. The number of carbonyl (C=O) groups is 2. The van der Waals surface area contributed by atoms with Crippen LogP contribution in [0.25, 0.3) is 10.8 Å². The summed E-state index contributed by atoms with van der Waals surface area (Å²) in [5.41, 5.74) is 1.24. The summed E-state index contributed by atoms with van der Waals surface area (Å²) in [7, 11) is 1.53. The van der Waals surface area contributed by atoms with E-state index in [9.17, 15) is 14.0 Å². The van der Waals surface area contributed by atoms with E-state index in [2.05, 4.69) is 15.6 Å². The van der Waals surface area contributed by atoms with Crippen LogP contribution in [0.1, 0.15) is 20.8 Å². The average Bonchev–Trinajstić information content (AvgIpc) is 2.79. The van der Waals surface area contributed by atoms with Crippen LogP contribution >= 0.6 is 0 Å². The predicted molar refractivity (Wildman–Crippen MR) is 116 cm³/mol. The number of pyridine rings is 1. The molecule has 0 saturated heterocycles. The van der Waals surface area contributed by atoms with Gasteiger partial charge in [0.1, 0.15) is 23.0 Å². The van der Waals surface area contributed by atoms with Crippen molar-refractivity contribution >= 4 is 28.3 Å². The zero-order chi connectivity index (χ0) is 21.8. The van der Waals surface area contributed by atoms with Gasteiger partial charge in [-0.2, -0.15) is 0 Å². The number of benzene rings is 3. The molecule has 0 aliphatic heterocycles. The summed E-state index contributed by atoms with van der Waals surface area (Å²) < 4.78 is 19.0. The first-order valence-corrected chi connectivity index (χ1v) is 9.49. The van der Waals surface area contributed by atoms with Gasteiger partial charge < -0.3 is 15.4 Å². The van der Waals surface area contributed by atoms with Gasteiger partial charge in [-0.15, -0.1) is 0 Å². The summed E-state index contributed by atoms with van der Waals surface area (Å²) in [6, 6.07) is 19.5. The van der Waals surface area contributed by atoms with Crippen LogP contribution in [0.2, 0.25) is 0 Å². The highest BCUT2D eigenvalue weighted by Crippen LogP contribution is 2.28. The second-order valence-corrected chi connectivity index (χ2v) is 6.71. The monoisotopic (exact) mass is 415 g/mol. The van der Waals surface area contributed by atoms with Crippen molar-refractivity contribution in [1.82, 2.24) is 10.3 Å². The molecule has 2 amide bonds. The Morgan fingerprint density at radius 3 is 2.45 bits per heavy atom. The Kier molecular flexibility index (Phi) is 5.57. The Hall–Kier alpha value is -4.26. The largest absolute Gasteiger partial charge is 0.457 e. The van der Waals surface area contributed by atoms with Gasteiger partial charge in [0.25, 0.3) is 11.8 Å². The zero-order valence-corrected chi connectivity index (χ0v) is 16.6. The minimum Gasteiger partial charge on any atom is -0.457 e. The van der Waals surface area contributed by atoms with E-state index in [0.29, 0.717) is 22.7 Å². The Balaban J connectivity index is 1.59. The number of anilines is 1. The van der Waals surface area contributed by atoms with E-state index >= 15 is 0 Å². The molecule has 0 bridgehead atoms. The first kappa shape index (κ1) is 20.0. The number of hydrogen-bond donors (Lipinski definition) is 2. The fraction of sp³-hybridized carbons (Fsp3) is 0.0417. The molecule has 2 N–H and O–H groups in total. The van der Waals surface area contributed by atoms with Crippen LogP contribution in [-0.4, -0.2) is 23.8 Å². The number of nitrogens with zero attached hydrogens (tertiary/aromatic N) is 1. The van der Waals surface area contributed by atoms with Crippen molar-refractivity contribution < 1.29 is 18.7 Å². The normalized spacial score (nSPS) is 10.5. The van der Waals surface area contributed by atoms with Crippen LogP contribution in [0.4, 0.5) is 10.1 Å². The van der Waals surface area contributed by atoms with Crippen LogP contribution in [0.15, 0.2) is 79.0 Å². The molecular weight excluding hydrogens is 397 g/mol. The molecule has 0 aliphatic rings. The van der Waals surface area contributed by atoms with E-state index in [0.717, 1.165) is 10.8 Å². The lowest BCUT2D eigenvalue weighted by Crippen LogP contribution is -2.18. The minimum atomic E-state index is -0.368. The van der Waals surface area contributed by atoms with Crippen LogP contribution in [0.5, 0.6) is 11.5 Å². The molecule has 7 heteroatoms. The number of amides is 2. The van der Waals surface area contributed by atoms with E-state index in [1.54, 1.807) is 36.4 Å². The quantitative estimate of drug-likeness (QED) is 0.492. The molecule has 0 spiro atoms. The molecule has 154 valence electrons. The van der Waals surface area contributed by atoms with Crippen LogP contribution in [0.3, 0.4) is 0 Å². The number of ether oxygens (including phenoxy) is 1. The highest BCUT2D eigenvalue weighted by Gasteiger charge is 2.12. The number of aromatic nitrogens is 1. The number of nitrogens with one attached hydrogen (secondary N) is 2. The Labute approximate surface area is 177 Å². The van der Waals surface area contributed by atoms with Gasteiger partial charge in [-0.1, -0.05) is 12.1 Å². The fourth-order valence-corrected chi connectivity index (χ4v) is 3.12. The van der Waals surface area contributed by atoms with Gasteiger partial charge in [0.05, 0.1) is 0 Å². The molecule has 6 nitrogen and oxygen atoms in total. The van der Waals surface area contributed by atoms with Crippen molar-refractivity contribution in [2.24, 2.45) is 0 Å². The number of halogens is 1. The van der Waals surface area contributed by atoms with Crippen molar-refractivity contribution in [3.63, 3.8) is 0 Å². The van der Waals surface area contributed by atoms with Crippen LogP contribution in [-0.2, 0) is 0 Å². The van der Waals surface area contributed by atoms with Gasteiger partial charge in [0, 0.05) is 30.6 Å². The van der Waals surface area contributed by atoms with E-state index in [-0.39, 0.29) is 23.3 Å². The van der Waals surface area contributed by atoms with Crippen LogP contribution in [0, 0.1) is 5.82 Å². The summed E-state index contributed by atoms with van der Waals surface area (Å²) in [5, 5.41) is 6.85. The third-order valence-corrected chi connectivity index (χ3v) is 4.63. The Bertz CT molecular complexity index is 1270. The molecule has 1 aromatic heterocycles. The predicted octanol–water partition coefficient (Wildman–Crippen LogP) is 4.78. The van der Waals surface area contributed by atoms with Crippen molar-refractivity contribution in [1.29, 1.82) is 0 Å². The van der Waals surface area contributed by atoms with Gasteiger partial charge in [0.15, 0.2) is 0 Å². The Morgan fingerprint density at radius 1 is 0.903 bits per heavy atom. The van der Waals surface area contributed by atoms with E-state index in [1.165, 1.54) is 37.5 Å². The second-order valence-electron chi connectivity index (χ2n) is 6.71. The Morgan fingerprint density at radius 2 is 1.68 bits per heavy atom. The highest BCUT2D eigenvalue weighted by atomic mass is 19.1. The standard InChI is InChI=1S/C24H18FN3O3/c1-26-24(30)22-14-19(11-12-27-22)31-18-9-10-20-15(13-18)3-2-4-21(20)23(29)28-17-7-5-16(25)6-8-17/h2-14H,1H3,(H,26,30)(H,28,29). The van der Waals surface area contributed by atoms with Gasteiger partial charge >= 0.3 is 0 Å². The molecule has 0 atom stereocenters. The number of rotatable bonds is 5. The topological polar surface area (TPSA) is 80.3 Å². The molecule has 3 aromatic carbocycles. The molecule has 31 heavy (non-hydrogen) atoms. The highest BCUT2D eigenvalue weighted by molar-refractivity contribution is 6.13.